The van der Waals surface area contributed by atoms with Crippen LogP contribution in [0, 0.1) is 6.92 Å². The lowest BCUT2D eigenvalue weighted by atomic mass is 9.94. The SMILES string of the molecule is Cc1cccc(CSCC(=O)N(Cc2cccc(Br)c2)[C@H](Cc2ccccc2)C(=O)NC2CCCCC2)c1. The van der Waals surface area contributed by atoms with Crippen LogP contribution in [0.25, 0.3) is 0 Å². The summed E-state index contributed by atoms with van der Waals surface area (Å²) in [5.41, 5.74) is 4.47. The lowest BCUT2D eigenvalue weighted by Gasteiger charge is -2.33. The Bertz CT molecular complexity index is 1200. The number of nitrogens with zero attached hydrogens (tertiary/aromatic N) is 1. The van der Waals surface area contributed by atoms with E-state index >= 15 is 0 Å². The Morgan fingerprint density at radius 3 is 2.37 bits per heavy atom. The predicted octanol–water partition coefficient (Wildman–Crippen LogP) is 7.08. The summed E-state index contributed by atoms with van der Waals surface area (Å²) in [6.45, 7) is 2.47. The smallest absolute Gasteiger partial charge is 0.243 e. The van der Waals surface area contributed by atoms with E-state index in [1.165, 1.54) is 17.5 Å². The average molecular weight is 594 g/mol. The second-order valence-corrected chi connectivity index (χ2v) is 12.1. The molecule has 0 bridgehead atoms. The zero-order valence-electron chi connectivity index (χ0n) is 22.1. The summed E-state index contributed by atoms with van der Waals surface area (Å²) < 4.78 is 0.961. The molecule has 6 heteroatoms. The standard InChI is InChI=1S/C32H37BrN2O2S/c1-24-10-8-14-27(18-24)22-38-23-31(36)35(21-26-13-9-15-28(33)19-26)30(20-25-11-4-2-5-12-25)32(37)34-29-16-6-3-7-17-29/h2,4-5,8-15,18-19,29-30H,3,6-7,16-17,20-23H2,1H3,(H,34,37)/t30-/m1/s1. The molecule has 1 aliphatic carbocycles. The Hall–Kier alpha value is -2.57. The number of thioether (sulfide) groups is 1. The van der Waals surface area contributed by atoms with Crippen LogP contribution in [0.15, 0.2) is 83.3 Å². The van der Waals surface area contributed by atoms with Crippen molar-refractivity contribution in [2.75, 3.05) is 5.75 Å². The van der Waals surface area contributed by atoms with Crippen molar-refractivity contribution in [3.63, 3.8) is 0 Å². The van der Waals surface area contributed by atoms with E-state index in [0.29, 0.717) is 18.7 Å². The fraction of sp³-hybridized carbons (Fsp3) is 0.375. The van der Waals surface area contributed by atoms with E-state index in [1.807, 2.05) is 54.6 Å². The van der Waals surface area contributed by atoms with Crippen LogP contribution in [0.2, 0.25) is 0 Å². The van der Waals surface area contributed by atoms with Gasteiger partial charge in [-0.2, -0.15) is 0 Å². The molecule has 3 aromatic carbocycles. The number of carbonyl (C=O) groups is 2. The van der Waals surface area contributed by atoms with Crippen molar-refractivity contribution >= 4 is 39.5 Å². The van der Waals surface area contributed by atoms with E-state index in [0.717, 1.165) is 47.0 Å². The topological polar surface area (TPSA) is 49.4 Å². The molecule has 0 heterocycles. The fourth-order valence-electron chi connectivity index (χ4n) is 5.07. The van der Waals surface area contributed by atoms with Gasteiger partial charge in [0.25, 0.3) is 0 Å². The fourth-order valence-corrected chi connectivity index (χ4v) is 6.38. The minimum absolute atomic E-state index is 0.0117. The van der Waals surface area contributed by atoms with E-state index in [1.54, 1.807) is 16.7 Å². The van der Waals surface area contributed by atoms with Crippen LogP contribution in [0.1, 0.15) is 54.4 Å². The maximum Gasteiger partial charge on any atom is 0.243 e. The monoisotopic (exact) mass is 592 g/mol. The van der Waals surface area contributed by atoms with E-state index in [9.17, 15) is 9.59 Å². The third kappa shape index (κ3) is 8.74. The second-order valence-electron chi connectivity index (χ2n) is 10.2. The molecule has 4 nitrogen and oxygen atoms in total. The van der Waals surface area contributed by atoms with E-state index in [4.69, 9.17) is 0 Å². The molecule has 0 aromatic heterocycles. The van der Waals surface area contributed by atoms with Crippen molar-refractivity contribution in [2.24, 2.45) is 0 Å². The highest BCUT2D eigenvalue weighted by Gasteiger charge is 2.31. The van der Waals surface area contributed by atoms with Gasteiger partial charge in [-0.25, -0.2) is 0 Å². The lowest BCUT2D eigenvalue weighted by Crippen LogP contribution is -2.53. The van der Waals surface area contributed by atoms with Gasteiger partial charge in [0.2, 0.25) is 11.8 Å². The van der Waals surface area contributed by atoms with Gasteiger partial charge in [0, 0.05) is 29.2 Å². The number of nitrogens with one attached hydrogen (secondary N) is 1. The number of hydrogen-bond donors (Lipinski definition) is 1. The van der Waals surface area contributed by atoms with Gasteiger partial charge < -0.3 is 10.2 Å². The summed E-state index contributed by atoms with van der Waals surface area (Å²) in [5, 5.41) is 3.31. The first kappa shape index (κ1) is 28.4. The van der Waals surface area contributed by atoms with Gasteiger partial charge in [0.15, 0.2) is 0 Å². The van der Waals surface area contributed by atoms with Crippen molar-refractivity contribution in [1.82, 2.24) is 10.2 Å². The number of hydrogen-bond acceptors (Lipinski definition) is 3. The van der Waals surface area contributed by atoms with Crippen molar-refractivity contribution in [1.29, 1.82) is 0 Å². The number of amides is 2. The first-order valence-corrected chi connectivity index (χ1v) is 15.4. The molecule has 0 aliphatic heterocycles. The number of benzene rings is 3. The molecule has 0 spiro atoms. The first-order chi connectivity index (χ1) is 18.5. The lowest BCUT2D eigenvalue weighted by molar-refractivity contribution is -0.139. The first-order valence-electron chi connectivity index (χ1n) is 13.5. The molecular formula is C32H37BrN2O2S. The number of halogens is 1. The summed E-state index contributed by atoms with van der Waals surface area (Å²) in [4.78, 5) is 29.5. The molecule has 1 N–H and O–H groups in total. The summed E-state index contributed by atoms with van der Waals surface area (Å²) in [5.74, 6) is 1.02. The van der Waals surface area contributed by atoms with Gasteiger partial charge in [-0.1, -0.05) is 107 Å². The average Bonchev–Trinajstić information content (AvgIpc) is 2.92. The molecule has 0 unspecified atom stereocenters. The summed E-state index contributed by atoms with van der Waals surface area (Å²) in [7, 11) is 0. The number of rotatable bonds is 11. The molecule has 0 radical (unpaired) electrons. The minimum Gasteiger partial charge on any atom is -0.352 e. The van der Waals surface area contributed by atoms with Crippen molar-refractivity contribution in [2.45, 2.75) is 69.8 Å². The molecule has 2 amide bonds. The van der Waals surface area contributed by atoms with Gasteiger partial charge in [-0.05, 0) is 48.6 Å². The predicted molar refractivity (Wildman–Crippen MR) is 161 cm³/mol. The quantitative estimate of drug-likeness (QED) is 0.259. The van der Waals surface area contributed by atoms with Gasteiger partial charge in [0.1, 0.15) is 6.04 Å². The van der Waals surface area contributed by atoms with Crippen LogP contribution < -0.4 is 5.32 Å². The van der Waals surface area contributed by atoms with Gasteiger partial charge in [0.05, 0.1) is 5.75 Å². The molecule has 200 valence electrons. The molecule has 1 aliphatic rings. The van der Waals surface area contributed by atoms with Gasteiger partial charge in [-0.3, -0.25) is 9.59 Å². The zero-order valence-corrected chi connectivity index (χ0v) is 24.5. The molecule has 1 saturated carbocycles. The third-order valence-electron chi connectivity index (χ3n) is 7.04. The van der Waals surface area contributed by atoms with Crippen LogP contribution in [0.5, 0.6) is 0 Å². The van der Waals surface area contributed by atoms with Crippen LogP contribution >= 0.6 is 27.7 Å². The normalized spacial score (nSPS) is 14.6. The van der Waals surface area contributed by atoms with Crippen LogP contribution in [0.3, 0.4) is 0 Å². The molecule has 1 atom stereocenters. The highest BCUT2D eigenvalue weighted by molar-refractivity contribution is 9.10. The molecule has 3 aromatic rings. The van der Waals surface area contributed by atoms with Crippen molar-refractivity contribution < 1.29 is 9.59 Å². The Labute approximate surface area is 239 Å². The number of carbonyl (C=O) groups excluding carboxylic acids is 2. The van der Waals surface area contributed by atoms with Crippen LogP contribution in [-0.2, 0) is 28.3 Å². The highest BCUT2D eigenvalue weighted by atomic mass is 79.9. The van der Waals surface area contributed by atoms with E-state index in [-0.39, 0.29) is 17.9 Å². The van der Waals surface area contributed by atoms with Crippen LogP contribution in [-0.4, -0.2) is 34.6 Å². The van der Waals surface area contributed by atoms with E-state index in [2.05, 4.69) is 52.4 Å². The molecule has 0 saturated heterocycles. The maximum absolute atomic E-state index is 13.8. The summed E-state index contributed by atoms with van der Waals surface area (Å²) >= 11 is 5.17. The third-order valence-corrected chi connectivity index (χ3v) is 8.52. The molecule has 4 rings (SSSR count). The Kier molecular flexibility index (Phi) is 10.9. The second kappa shape index (κ2) is 14.5. The molecule has 1 fully saturated rings. The van der Waals surface area contributed by atoms with Crippen molar-refractivity contribution in [3.8, 4) is 0 Å². The van der Waals surface area contributed by atoms with E-state index < -0.39 is 6.04 Å². The maximum atomic E-state index is 13.8. The minimum atomic E-state index is -0.578. The summed E-state index contributed by atoms with van der Waals surface area (Å²) in [6, 6.07) is 26.0. The highest BCUT2D eigenvalue weighted by Crippen LogP contribution is 2.22. The van der Waals surface area contributed by atoms with Gasteiger partial charge >= 0.3 is 0 Å². The zero-order chi connectivity index (χ0) is 26.7. The Morgan fingerprint density at radius 1 is 0.921 bits per heavy atom. The molecular weight excluding hydrogens is 556 g/mol. The Morgan fingerprint density at radius 2 is 1.63 bits per heavy atom. The molecule has 38 heavy (non-hydrogen) atoms. The van der Waals surface area contributed by atoms with Crippen molar-refractivity contribution in [3.05, 3.63) is 106 Å². The number of aryl methyl sites for hydroxylation is 1. The van der Waals surface area contributed by atoms with Gasteiger partial charge in [-0.15, -0.1) is 11.8 Å². The largest absolute Gasteiger partial charge is 0.352 e. The summed E-state index contributed by atoms with van der Waals surface area (Å²) in [6.07, 6.45) is 6.02. The van der Waals surface area contributed by atoms with Crippen LogP contribution in [0.4, 0.5) is 0 Å². The Balaban J connectivity index is 1.56.